The fraction of sp³-hybridized carbons (Fsp3) is 0.0952. The molecule has 0 aromatic heterocycles. The van der Waals surface area contributed by atoms with Crippen LogP contribution in [0.2, 0.25) is 5.02 Å². The van der Waals surface area contributed by atoms with Gasteiger partial charge in [0.05, 0.1) is 15.5 Å². The summed E-state index contributed by atoms with van der Waals surface area (Å²) in [5, 5.41) is 13.5. The molecule has 0 aliphatic carbocycles. The molecule has 7 heteroatoms. The van der Waals surface area contributed by atoms with Crippen molar-refractivity contribution in [1.82, 2.24) is 5.32 Å². The maximum absolute atomic E-state index is 12.3. The lowest BCUT2D eigenvalue weighted by molar-refractivity contribution is -0.384. The van der Waals surface area contributed by atoms with Gasteiger partial charge in [0, 0.05) is 18.7 Å². The first-order valence-electron chi connectivity index (χ1n) is 8.51. The molecular weight excluding hydrogens is 380 g/mol. The SMILES string of the molecule is O=C(NCc1ccc(OCc2ccccc2)cc1)c1ccc([N+](=O)[O-])cc1Cl. The van der Waals surface area contributed by atoms with Gasteiger partial charge in [-0.1, -0.05) is 54.1 Å². The Morgan fingerprint density at radius 2 is 1.71 bits per heavy atom. The monoisotopic (exact) mass is 396 g/mol. The van der Waals surface area contributed by atoms with Crippen molar-refractivity contribution in [3.05, 3.63) is 105 Å². The Labute approximate surface area is 166 Å². The van der Waals surface area contributed by atoms with Gasteiger partial charge in [-0.2, -0.15) is 0 Å². The van der Waals surface area contributed by atoms with Gasteiger partial charge in [-0.3, -0.25) is 14.9 Å². The average Bonchev–Trinajstić information content (AvgIpc) is 2.72. The van der Waals surface area contributed by atoms with Gasteiger partial charge in [-0.15, -0.1) is 0 Å². The van der Waals surface area contributed by atoms with Crippen LogP contribution in [0.4, 0.5) is 5.69 Å². The summed E-state index contributed by atoms with van der Waals surface area (Å²) in [5.41, 5.74) is 2.00. The number of carbonyl (C=O) groups is 1. The van der Waals surface area contributed by atoms with Crippen LogP contribution in [0.5, 0.6) is 5.75 Å². The highest BCUT2D eigenvalue weighted by Gasteiger charge is 2.14. The van der Waals surface area contributed by atoms with E-state index in [0.717, 1.165) is 22.9 Å². The van der Waals surface area contributed by atoms with Crippen LogP contribution in [0.15, 0.2) is 72.8 Å². The minimum absolute atomic E-state index is 0.0383. The van der Waals surface area contributed by atoms with E-state index < -0.39 is 10.8 Å². The van der Waals surface area contributed by atoms with Crippen molar-refractivity contribution in [3.63, 3.8) is 0 Å². The standard InChI is InChI=1S/C21H17ClN2O4/c22-20-12-17(24(26)27)8-11-19(20)21(25)23-13-15-6-9-18(10-7-15)28-14-16-4-2-1-3-5-16/h1-12H,13-14H2,(H,23,25). The lowest BCUT2D eigenvalue weighted by Crippen LogP contribution is -2.23. The van der Waals surface area contributed by atoms with Crippen molar-refractivity contribution in [3.8, 4) is 5.75 Å². The molecule has 0 aliphatic rings. The molecule has 0 spiro atoms. The Hall–Kier alpha value is -3.38. The number of non-ortho nitro benzene ring substituents is 1. The number of carbonyl (C=O) groups excluding carboxylic acids is 1. The number of nitrogens with one attached hydrogen (secondary N) is 1. The molecule has 142 valence electrons. The molecular formula is C21H17ClN2O4. The average molecular weight is 397 g/mol. The van der Waals surface area contributed by atoms with Crippen molar-refractivity contribution in [2.75, 3.05) is 0 Å². The van der Waals surface area contributed by atoms with Crippen LogP contribution in [-0.2, 0) is 13.2 Å². The third-order valence-corrected chi connectivity index (χ3v) is 4.35. The second-order valence-corrected chi connectivity index (χ2v) is 6.43. The molecule has 0 bridgehead atoms. The molecule has 3 aromatic carbocycles. The van der Waals surface area contributed by atoms with Crippen LogP contribution in [0.3, 0.4) is 0 Å². The Morgan fingerprint density at radius 1 is 1.00 bits per heavy atom. The lowest BCUT2D eigenvalue weighted by atomic mass is 10.1. The molecule has 3 rings (SSSR count). The summed E-state index contributed by atoms with van der Waals surface area (Å²) in [6.07, 6.45) is 0. The van der Waals surface area contributed by atoms with Gasteiger partial charge in [-0.25, -0.2) is 0 Å². The van der Waals surface area contributed by atoms with Gasteiger partial charge in [0.2, 0.25) is 0 Å². The minimum atomic E-state index is -0.561. The molecule has 0 radical (unpaired) electrons. The number of halogens is 1. The van der Waals surface area contributed by atoms with Gasteiger partial charge in [0.1, 0.15) is 12.4 Å². The minimum Gasteiger partial charge on any atom is -0.489 e. The van der Waals surface area contributed by atoms with E-state index in [-0.39, 0.29) is 16.3 Å². The Kier molecular flexibility index (Phi) is 6.24. The van der Waals surface area contributed by atoms with Crippen LogP contribution < -0.4 is 10.1 Å². The predicted octanol–water partition coefficient (Wildman–Crippen LogP) is 4.76. The highest BCUT2D eigenvalue weighted by molar-refractivity contribution is 6.34. The summed E-state index contributed by atoms with van der Waals surface area (Å²) in [6.45, 7) is 0.778. The summed E-state index contributed by atoms with van der Waals surface area (Å²) in [6, 6.07) is 21.0. The molecule has 0 saturated carbocycles. The van der Waals surface area contributed by atoms with E-state index in [2.05, 4.69) is 5.32 Å². The highest BCUT2D eigenvalue weighted by atomic mass is 35.5. The summed E-state index contributed by atoms with van der Waals surface area (Å²) in [5.74, 6) is 0.335. The zero-order valence-corrected chi connectivity index (χ0v) is 15.6. The fourth-order valence-electron chi connectivity index (χ4n) is 2.52. The largest absolute Gasteiger partial charge is 0.489 e. The van der Waals surface area contributed by atoms with Gasteiger partial charge in [0.25, 0.3) is 11.6 Å². The smallest absolute Gasteiger partial charge is 0.270 e. The lowest BCUT2D eigenvalue weighted by Gasteiger charge is -2.09. The van der Waals surface area contributed by atoms with E-state index in [9.17, 15) is 14.9 Å². The Bertz CT molecular complexity index is 975. The number of ether oxygens (including phenoxy) is 1. The third kappa shape index (κ3) is 5.08. The van der Waals surface area contributed by atoms with Crippen molar-refractivity contribution in [2.24, 2.45) is 0 Å². The molecule has 1 amide bonds. The van der Waals surface area contributed by atoms with E-state index in [1.807, 2.05) is 54.6 Å². The predicted molar refractivity (Wildman–Crippen MR) is 106 cm³/mol. The first-order valence-corrected chi connectivity index (χ1v) is 8.88. The third-order valence-electron chi connectivity index (χ3n) is 4.03. The summed E-state index contributed by atoms with van der Waals surface area (Å²) >= 11 is 5.97. The zero-order chi connectivity index (χ0) is 19.9. The second kappa shape index (κ2) is 9.01. The normalized spacial score (nSPS) is 10.3. The van der Waals surface area contributed by atoms with Crippen molar-refractivity contribution >= 4 is 23.2 Å². The quantitative estimate of drug-likeness (QED) is 0.461. The van der Waals surface area contributed by atoms with Crippen molar-refractivity contribution < 1.29 is 14.5 Å². The number of rotatable bonds is 7. The van der Waals surface area contributed by atoms with Crippen molar-refractivity contribution in [1.29, 1.82) is 0 Å². The zero-order valence-electron chi connectivity index (χ0n) is 14.8. The van der Waals surface area contributed by atoms with Crippen LogP contribution in [0.25, 0.3) is 0 Å². The number of nitrogens with zero attached hydrogens (tertiary/aromatic N) is 1. The van der Waals surface area contributed by atoms with Crippen LogP contribution in [-0.4, -0.2) is 10.8 Å². The summed E-state index contributed by atoms with van der Waals surface area (Å²) in [7, 11) is 0. The molecule has 0 fully saturated rings. The molecule has 0 aliphatic heterocycles. The topological polar surface area (TPSA) is 81.5 Å². The maximum Gasteiger partial charge on any atom is 0.270 e. The van der Waals surface area contributed by atoms with Crippen LogP contribution in [0, 0.1) is 10.1 Å². The molecule has 0 saturated heterocycles. The number of hydrogen-bond acceptors (Lipinski definition) is 4. The van der Waals surface area contributed by atoms with Gasteiger partial charge in [0.15, 0.2) is 0 Å². The molecule has 6 nitrogen and oxygen atoms in total. The van der Waals surface area contributed by atoms with E-state index in [4.69, 9.17) is 16.3 Å². The number of hydrogen-bond donors (Lipinski definition) is 1. The van der Waals surface area contributed by atoms with Crippen LogP contribution >= 0.6 is 11.6 Å². The first-order chi connectivity index (χ1) is 13.5. The van der Waals surface area contributed by atoms with Gasteiger partial charge >= 0.3 is 0 Å². The summed E-state index contributed by atoms with van der Waals surface area (Å²) in [4.78, 5) is 22.4. The van der Waals surface area contributed by atoms with Gasteiger partial charge in [-0.05, 0) is 29.3 Å². The number of benzene rings is 3. The van der Waals surface area contributed by atoms with E-state index >= 15 is 0 Å². The Balaban J connectivity index is 1.54. The number of amides is 1. The number of nitro benzene ring substituents is 1. The highest BCUT2D eigenvalue weighted by Crippen LogP contribution is 2.22. The molecule has 28 heavy (non-hydrogen) atoms. The van der Waals surface area contributed by atoms with Gasteiger partial charge < -0.3 is 10.1 Å². The van der Waals surface area contributed by atoms with Crippen LogP contribution in [0.1, 0.15) is 21.5 Å². The van der Waals surface area contributed by atoms with Crippen molar-refractivity contribution in [2.45, 2.75) is 13.2 Å². The second-order valence-electron chi connectivity index (χ2n) is 6.02. The molecule has 0 unspecified atom stereocenters. The Morgan fingerprint density at radius 3 is 2.36 bits per heavy atom. The summed E-state index contributed by atoms with van der Waals surface area (Å²) < 4.78 is 5.73. The number of nitro groups is 1. The molecule has 1 N–H and O–H groups in total. The molecule has 0 atom stereocenters. The fourth-order valence-corrected chi connectivity index (χ4v) is 2.78. The van der Waals surface area contributed by atoms with E-state index in [1.165, 1.54) is 12.1 Å². The first kappa shape index (κ1) is 19.4. The van der Waals surface area contributed by atoms with E-state index in [0.29, 0.717) is 13.2 Å². The maximum atomic E-state index is 12.3. The molecule has 3 aromatic rings. The molecule has 0 heterocycles. The van der Waals surface area contributed by atoms with E-state index in [1.54, 1.807) is 0 Å².